The lowest BCUT2D eigenvalue weighted by molar-refractivity contribution is -0.155. The van der Waals surface area contributed by atoms with Crippen LogP contribution in [0.1, 0.15) is 12.2 Å². The van der Waals surface area contributed by atoms with Crippen LogP contribution in [0.4, 0.5) is 0 Å². The Kier molecular flexibility index (Phi) is 3.36. The van der Waals surface area contributed by atoms with Crippen LogP contribution in [0.25, 0.3) is 16.6 Å². The molecule has 2 bridgehead atoms. The first-order valence-corrected chi connectivity index (χ1v) is 7.84. The minimum atomic E-state index is -1.11. The molecular weight excluding hydrogens is 334 g/mol. The number of hydrogen-bond acceptors (Lipinski definition) is 6. The highest BCUT2D eigenvalue weighted by molar-refractivity contribution is 6.38. The fourth-order valence-corrected chi connectivity index (χ4v) is 3.17. The van der Waals surface area contributed by atoms with Gasteiger partial charge in [0.05, 0.1) is 5.52 Å². The van der Waals surface area contributed by atoms with Crippen molar-refractivity contribution in [3.05, 3.63) is 23.0 Å². The second-order valence-electron chi connectivity index (χ2n) is 5.90. The third kappa shape index (κ3) is 2.20. The van der Waals surface area contributed by atoms with Gasteiger partial charge in [-0.2, -0.15) is 0 Å². The van der Waals surface area contributed by atoms with E-state index in [2.05, 4.69) is 23.0 Å². The SMILES string of the molecule is CN1CC=C(c2nc3c4c(Cl)c(cc3n2C)OC(=O)C(=O)O4)CC1. The molecule has 0 radical (unpaired) electrons. The lowest BCUT2D eigenvalue weighted by Gasteiger charge is -2.21. The zero-order chi connectivity index (χ0) is 17.0. The molecule has 1 aromatic carbocycles. The first-order chi connectivity index (χ1) is 11.5. The minimum absolute atomic E-state index is 0.0652. The van der Waals surface area contributed by atoms with Gasteiger partial charge in [-0.25, -0.2) is 14.6 Å². The highest BCUT2D eigenvalue weighted by atomic mass is 35.5. The molecule has 0 spiro atoms. The molecule has 7 nitrogen and oxygen atoms in total. The van der Waals surface area contributed by atoms with E-state index in [1.54, 1.807) is 6.07 Å². The van der Waals surface area contributed by atoms with E-state index in [9.17, 15) is 9.59 Å². The third-order valence-corrected chi connectivity index (χ3v) is 4.66. The maximum atomic E-state index is 11.7. The average Bonchev–Trinajstić information content (AvgIpc) is 2.85. The summed E-state index contributed by atoms with van der Waals surface area (Å²) in [5.74, 6) is -1.25. The van der Waals surface area contributed by atoms with Gasteiger partial charge < -0.3 is 18.9 Å². The molecule has 0 saturated heterocycles. The van der Waals surface area contributed by atoms with E-state index in [1.165, 1.54) is 0 Å². The summed E-state index contributed by atoms with van der Waals surface area (Å²) in [6.07, 6.45) is 3.00. The maximum Gasteiger partial charge on any atom is 0.423 e. The molecule has 1 aromatic heterocycles. The molecule has 0 amide bonds. The zero-order valence-corrected chi connectivity index (χ0v) is 13.9. The number of nitrogens with zero attached hydrogens (tertiary/aromatic N) is 3. The fourth-order valence-electron chi connectivity index (χ4n) is 2.95. The van der Waals surface area contributed by atoms with Gasteiger partial charge in [0.15, 0.2) is 11.5 Å². The lowest BCUT2D eigenvalue weighted by atomic mass is 10.1. The Morgan fingerprint density at radius 2 is 1.96 bits per heavy atom. The molecule has 0 N–H and O–H groups in total. The predicted octanol–water partition coefficient (Wildman–Crippen LogP) is 1.77. The second kappa shape index (κ2) is 5.32. The molecule has 8 heteroatoms. The number of rotatable bonds is 1. The van der Waals surface area contributed by atoms with Gasteiger partial charge in [0.2, 0.25) is 0 Å². The van der Waals surface area contributed by atoms with Gasteiger partial charge >= 0.3 is 11.9 Å². The maximum absolute atomic E-state index is 11.7. The Balaban J connectivity index is 1.92. The lowest BCUT2D eigenvalue weighted by Crippen LogP contribution is -2.24. The molecule has 4 rings (SSSR count). The fraction of sp³-hybridized carbons (Fsp3) is 0.312. The first-order valence-electron chi connectivity index (χ1n) is 7.46. The van der Waals surface area contributed by atoms with E-state index in [4.69, 9.17) is 21.1 Å². The quantitative estimate of drug-likeness (QED) is 0.445. The average molecular weight is 348 g/mol. The van der Waals surface area contributed by atoms with Gasteiger partial charge in [0.1, 0.15) is 16.4 Å². The zero-order valence-electron chi connectivity index (χ0n) is 13.1. The number of benzene rings is 1. The number of aromatic nitrogens is 2. The summed E-state index contributed by atoms with van der Waals surface area (Å²) < 4.78 is 12.0. The topological polar surface area (TPSA) is 73.7 Å². The van der Waals surface area contributed by atoms with Crippen molar-refractivity contribution < 1.29 is 19.1 Å². The molecule has 0 atom stereocenters. The number of fused-ring (bicyclic) bond motifs is 4. The molecule has 2 aliphatic rings. The Hall–Kier alpha value is -2.38. The number of imidazole rings is 1. The molecule has 0 saturated carbocycles. The molecule has 2 aromatic rings. The summed E-state index contributed by atoms with van der Waals surface area (Å²) in [7, 11) is 3.93. The summed E-state index contributed by atoms with van der Waals surface area (Å²) in [5, 5.41) is 0.0729. The highest BCUT2D eigenvalue weighted by Gasteiger charge is 2.31. The number of esters is 2. The Labute approximate surface area is 142 Å². The van der Waals surface area contributed by atoms with Crippen molar-refractivity contribution in [2.75, 3.05) is 20.1 Å². The monoisotopic (exact) mass is 347 g/mol. The number of halogens is 1. The van der Waals surface area contributed by atoms with E-state index in [-0.39, 0.29) is 16.5 Å². The van der Waals surface area contributed by atoms with Gasteiger partial charge in [-0.3, -0.25) is 0 Å². The van der Waals surface area contributed by atoms with E-state index in [0.717, 1.165) is 30.9 Å². The van der Waals surface area contributed by atoms with E-state index in [1.807, 2.05) is 11.6 Å². The molecule has 0 fully saturated rings. The van der Waals surface area contributed by atoms with Crippen LogP contribution in [0.2, 0.25) is 5.02 Å². The van der Waals surface area contributed by atoms with Gasteiger partial charge in [-0.15, -0.1) is 0 Å². The minimum Gasteiger partial charge on any atom is -0.416 e. The largest absolute Gasteiger partial charge is 0.423 e. The predicted molar refractivity (Wildman–Crippen MR) is 87.1 cm³/mol. The van der Waals surface area contributed by atoms with Crippen molar-refractivity contribution in [1.82, 2.24) is 14.5 Å². The normalized spacial score (nSPS) is 18.2. The highest BCUT2D eigenvalue weighted by Crippen LogP contribution is 2.43. The van der Waals surface area contributed by atoms with Crippen molar-refractivity contribution in [1.29, 1.82) is 0 Å². The van der Waals surface area contributed by atoms with Crippen molar-refractivity contribution in [3.8, 4) is 11.5 Å². The van der Waals surface area contributed by atoms with E-state index in [0.29, 0.717) is 11.0 Å². The van der Waals surface area contributed by atoms with Crippen molar-refractivity contribution >= 4 is 40.1 Å². The summed E-state index contributed by atoms with van der Waals surface area (Å²) in [5.41, 5.74) is 2.24. The number of carbonyl (C=O) groups is 2. The number of likely N-dealkylation sites (N-methyl/N-ethyl adjacent to an activating group) is 1. The first kappa shape index (κ1) is 15.2. The summed E-state index contributed by atoms with van der Waals surface area (Å²) >= 11 is 6.20. The van der Waals surface area contributed by atoms with Crippen LogP contribution in [0, 0.1) is 0 Å². The van der Waals surface area contributed by atoms with E-state index < -0.39 is 11.9 Å². The Bertz CT molecular complexity index is 931. The summed E-state index contributed by atoms with van der Waals surface area (Å²) in [4.78, 5) is 30.0. The van der Waals surface area contributed by atoms with Gasteiger partial charge in [-0.1, -0.05) is 17.7 Å². The molecule has 24 heavy (non-hydrogen) atoms. The van der Waals surface area contributed by atoms with Crippen LogP contribution < -0.4 is 9.47 Å². The standard InChI is InChI=1S/C16H14ClN3O4/c1-19-5-3-8(4-6-19)14-18-12-9(20(14)2)7-10-11(17)13(12)24-16(22)15(21)23-10/h3,7H,4-6H2,1-2H3. The van der Waals surface area contributed by atoms with Crippen LogP contribution in [0.5, 0.6) is 11.5 Å². The molecule has 124 valence electrons. The van der Waals surface area contributed by atoms with Gasteiger partial charge in [0, 0.05) is 26.2 Å². The number of aryl methyl sites for hydroxylation is 1. The second-order valence-corrected chi connectivity index (χ2v) is 6.28. The number of hydrogen-bond donors (Lipinski definition) is 0. The van der Waals surface area contributed by atoms with Gasteiger partial charge in [-0.05, 0) is 19.0 Å². The molecular formula is C16H14ClN3O4. The molecule has 0 unspecified atom stereocenters. The molecule has 3 heterocycles. The number of carbonyl (C=O) groups excluding carboxylic acids is 2. The van der Waals surface area contributed by atoms with E-state index >= 15 is 0 Å². The van der Waals surface area contributed by atoms with Crippen molar-refractivity contribution in [3.63, 3.8) is 0 Å². The summed E-state index contributed by atoms with van der Waals surface area (Å²) in [6.45, 7) is 1.80. The smallest absolute Gasteiger partial charge is 0.416 e. The van der Waals surface area contributed by atoms with Crippen molar-refractivity contribution in [2.45, 2.75) is 6.42 Å². The third-order valence-electron chi connectivity index (χ3n) is 4.30. The number of ether oxygens (including phenoxy) is 2. The van der Waals surface area contributed by atoms with Crippen LogP contribution >= 0.6 is 11.6 Å². The Morgan fingerprint density at radius 1 is 1.21 bits per heavy atom. The van der Waals surface area contributed by atoms with Crippen molar-refractivity contribution in [2.24, 2.45) is 7.05 Å². The molecule has 2 aliphatic heterocycles. The molecule has 0 aliphatic carbocycles. The van der Waals surface area contributed by atoms with Gasteiger partial charge in [0.25, 0.3) is 0 Å². The van der Waals surface area contributed by atoms with Crippen LogP contribution in [0.3, 0.4) is 0 Å². The van der Waals surface area contributed by atoms with Crippen LogP contribution in [-0.4, -0.2) is 46.5 Å². The Morgan fingerprint density at radius 3 is 2.67 bits per heavy atom. The summed E-state index contributed by atoms with van der Waals surface area (Å²) in [6, 6.07) is 1.60. The van der Waals surface area contributed by atoms with Crippen LogP contribution in [-0.2, 0) is 16.6 Å². The van der Waals surface area contributed by atoms with Crippen LogP contribution in [0.15, 0.2) is 12.1 Å².